The van der Waals surface area contributed by atoms with Gasteiger partial charge in [-0.15, -0.1) is 0 Å². The fourth-order valence-corrected chi connectivity index (χ4v) is 2.85. The van der Waals surface area contributed by atoms with E-state index in [1.54, 1.807) is 13.3 Å². The van der Waals surface area contributed by atoms with Crippen molar-refractivity contribution in [3.8, 4) is 5.88 Å². The smallest absolute Gasteiger partial charge is 0.322 e. The lowest BCUT2D eigenvalue weighted by molar-refractivity contribution is 0.176. The summed E-state index contributed by atoms with van der Waals surface area (Å²) in [7, 11) is 5.42. The topological polar surface area (TPSA) is 57.7 Å². The fourth-order valence-electron chi connectivity index (χ4n) is 2.85. The Hall–Kier alpha value is -1.98. The van der Waals surface area contributed by atoms with E-state index in [9.17, 15) is 4.79 Å². The van der Waals surface area contributed by atoms with Gasteiger partial charge in [0.1, 0.15) is 5.69 Å². The Balaban J connectivity index is 2.17. The number of anilines is 2. The number of likely N-dealkylation sites (tertiary alicyclic amines) is 1. The van der Waals surface area contributed by atoms with Gasteiger partial charge in [0.25, 0.3) is 0 Å². The predicted molar refractivity (Wildman–Crippen MR) is 88.7 cm³/mol. The minimum Gasteiger partial charge on any atom is -0.479 e. The Kier molecular flexibility index (Phi) is 5.46. The summed E-state index contributed by atoms with van der Waals surface area (Å²) in [6.45, 7) is 3.81. The van der Waals surface area contributed by atoms with E-state index < -0.39 is 0 Å². The van der Waals surface area contributed by atoms with Gasteiger partial charge < -0.3 is 19.9 Å². The van der Waals surface area contributed by atoms with Gasteiger partial charge in [0.15, 0.2) is 0 Å². The summed E-state index contributed by atoms with van der Waals surface area (Å²) in [5, 5.41) is 2.98. The third-order valence-corrected chi connectivity index (χ3v) is 4.18. The molecule has 0 aliphatic carbocycles. The molecule has 6 heteroatoms. The molecule has 1 aromatic heterocycles. The van der Waals surface area contributed by atoms with Gasteiger partial charge in [0.05, 0.1) is 12.8 Å². The van der Waals surface area contributed by atoms with Gasteiger partial charge >= 0.3 is 6.03 Å². The molecule has 6 nitrogen and oxygen atoms in total. The van der Waals surface area contributed by atoms with Gasteiger partial charge in [0, 0.05) is 33.4 Å². The van der Waals surface area contributed by atoms with E-state index in [4.69, 9.17) is 4.74 Å². The molecule has 1 atom stereocenters. The number of hydrogen-bond acceptors (Lipinski definition) is 4. The van der Waals surface area contributed by atoms with E-state index in [-0.39, 0.29) is 6.03 Å². The third-order valence-electron chi connectivity index (χ3n) is 4.18. The molecule has 122 valence electrons. The maximum Gasteiger partial charge on any atom is 0.322 e. The van der Waals surface area contributed by atoms with Gasteiger partial charge in [-0.05, 0) is 24.8 Å². The first-order valence-corrected chi connectivity index (χ1v) is 7.83. The highest BCUT2D eigenvalue weighted by atomic mass is 16.5. The number of nitrogens with one attached hydrogen (secondary N) is 1. The molecule has 1 aromatic rings. The third kappa shape index (κ3) is 3.61. The summed E-state index contributed by atoms with van der Waals surface area (Å²) < 4.78 is 5.30. The van der Waals surface area contributed by atoms with Crippen LogP contribution in [0.2, 0.25) is 0 Å². The summed E-state index contributed by atoms with van der Waals surface area (Å²) in [6.07, 6.45) is 5.07. The normalized spacial score (nSPS) is 18.0. The first kappa shape index (κ1) is 16.4. The first-order valence-electron chi connectivity index (χ1n) is 7.83. The Labute approximate surface area is 132 Å². The number of nitrogens with zero attached hydrogens (tertiary/aromatic N) is 3. The summed E-state index contributed by atoms with van der Waals surface area (Å²) in [5.41, 5.74) is 1.50. The van der Waals surface area contributed by atoms with Gasteiger partial charge in [0.2, 0.25) is 5.88 Å². The summed E-state index contributed by atoms with van der Waals surface area (Å²) in [5.74, 6) is 1.03. The lowest BCUT2D eigenvalue weighted by Gasteiger charge is -2.32. The molecule has 2 rings (SSSR count). The van der Waals surface area contributed by atoms with E-state index >= 15 is 0 Å². The largest absolute Gasteiger partial charge is 0.479 e. The first-order chi connectivity index (χ1) is 10.6. The quantitative estimate of drug-likeness (QED) is 0.929. The number of amides is 2. The summed E-state index contributed by atoms with van der Waals surface area (Å²) >= 11 is 0. The van der Waals surface area contributed by atoms with E-state index in [1.165, 1.54) is 6.42 Å². The minimum absolute atomic E-state index is 0.0763. The van der Waals surface area contributed by atoms with Crippen LogP contribution in [0.1, 0.15) is 26.2 Å². The van der Waals surface area contributed by atoms with Crippen molar-refractivity contribution in [1.82, 2.24) is 9.88 Å². The van der Waals surface area contributed by atoms with Crippen LogP contribution in [-0.2, 0) is 0 Å². The van der Waals surface area contributed by atoms with E-state index in [2.05, 4.69) is 17.2 Å². The second-order valence-corrected chi connectivity index (χ2v) is 5.90. The average Bonchev–Trinajstić information content (AvgIpc) is 2.54. The van der Waals surface area contributed by atoms with Crippen molar-refractivity contribution >= 4 is 17.4 Å². The minimum atomic E-state index is -0.0763. The van der Waals surface area contributed by atoms with Crippen molar-refractivity contribution in [3.63, 3.8) is 0 Å². The highest BCUT2D eigenvalue weighted by Crippen LogP contribution is 2.32. The number of carbonyl (C=O) groups is 1. The molecule has 22 heavy (non-hydrogen) atoms. The molecular formula is C16H26N4O2. The Bertz CT molecular complexity index is 519. The lowest BCUT2D eigenvalue weighted by Crippen LogP contribution is -2.42. The number of rotatable bonds is 4. The molecule has 0 radical (unpaired) electrons. The van der Waals surface area contributed by atoms with Crippen LogP contribution >= 0.6 is 0 Å². The maximum absolute atomic E-state index is 12.6. The predicted octanol–water partition coefficient (Wildman–Crippen LogP) is 2.81. The zero-order valence-electron chi connectivity index (χ0n) is 13.9. The van der Waals surface area contributed by atoms with Crippen LogP contribution in [0.5, 0.6) is 5.88 Å². The molecule has 1 aliphatic rings. The number of ether oxygens (including phenoxy) is 1. The van der Waals surface area contributed by atoms with Crippen LogP contribution < -0.4 is 15.0 Å². The molecule has 1 fully saturated rings. The van der Waals surface area contributed by atoms with Crippen molar-refractivity contribution in [3.05, 3.63) is 12.3 Å². The van der Waals surface area contributed by atoms with Crippen LogP contribution in [0.3, 0.4) is 0 Å². The molecule has 0 bridgehead atoms. The molecule has 1 saturated heterocycles. The van der Waals surface area contributed by atoms with E-state index in [0.717, 1.165) is 31.6 Å². The molecule has 0 spiro atoms. The van der Waals surface area contributed by atoms with Crippen LogP contribution in [0.15, 0.2) is 12.3 Å². The summed E-state index contributed by atoms with van der Waals surface area (Å²) in [6, 6.07) is 1.79. The highest BCUT2D eigenvalue weighted by Gasteiger charge is 2.24. The zero-order valence-corrected chi connectivity index (χ0v) is 13.9. The second kappa shape index (κ2) is 7.33. The van der Waals surface area contributed by atoms with Crippen molar-refractivity contribution in [2.75, 3.05) is 44.5 Å². The molecule has 2 amide bonds. The van der Waals surface area contributed by atoms with Gasteiger partial charge in [-0.2, -0.15) is 0 Å². The Morgan fingerprint density at radius 2 is 2.32 bits per heavy atom. The zero-order chi connectivity index (χ0) is 16.1. The molecule has 0 saturated carbocycles. The van der Waals surface area contributed by atoms with Gasteiger partial charge in [-0.1, -0.05) is 13.3 Å². The van der Waals surface area contributed by atoms with E-state index in [1.807, 2.05) is 30.0 Å². The van der Waals surface area contributed by atoms with Crippen LogP contribution in [0, 0.1) is 5.92 Å². The number of aromatic nitrogens is 1. The van der Waals surface area contributed by atoms with Gasteiger partial charge in [-0.3, -0.25) is 0 Å². The second-order valence-electron chi connectivity index (χ2n) is 5.90. The molecule has 0 aromatic carbocycles. The molecule has 1 aliphatic heterocycles. The Morgan fingerprint density at radius 1 is 1.55 bits per heavy atom. The number of hydrogen-bond donors (Lipinski definition) is 1. The monoisotopic (exact) mass is 306 g/mol. The van der Waals surface area contributed by atoms with Crippen LogP contribution in [0.25, 0.3) is 0 Å². The molecule has 1 N–H and O–H groups in total. The number of carbonyl (C=O) groups excluding carboxylic acids is 1. The fraction of sp³-hybridized carbons (Fsp3) is 0.625. The lowest BCUT2D eigenvalue weighted by atomic mass is 9.96. The van der Waals surface area contributed by atoms with Crippen molar-refractivity contribution in [1.29, 1.82) is 0 Å². The molecule has 2 heterocycles. The number of pyridine rings is 1. The van der Waals surface area contributed by atoms with Crippen molar-refractivity contribution < 1.29 is 9.53 Å². The van der Waals surface area contributed by atoms with Gasteiger partial charge in [-0.25, -0.2) is 9.78 Å². The summed E-state index contributed by atoms with van der Waals surface area (Å²) in [4.78, 5) is 20.6. The number of methoxy groups -OCH3 is 1. The van der Waals surface area contributed by atoms with E-state index in [0.29, 0.717) is 17.5 Å². The number of urea groups is 1. The highest BCUT2D eigenvalue weighted by molar-refractivity contribution is 5.95. The standard InChI is InChI=1S/C16H26N4O2/c1-5-12-7-6-10-20(11-12)16(21)18-14-13(19(2)3)8-9-17-15(14)22-4/h8-9,12H,5-7,10-11H2,1-4H3,(H,18,21)/t12-/m0/s1. The van der Waals surface area contributed by atoms with Crippen molar-refractivity contribution in [2.24, 2.45) is 5.92 Å². The Morgan fingerprint density at radius 3 is 2.95 bits per heavy atom. The molecular weight excluding hydrogens is 280 g/mol. The maximum atomic E-state index is 12.6. The average molecular weight is 306 g/mol. The number of piperidine rings is 1. The van der Waals surface area contributed by atoms with Crippen LogP contribution in [0.4, 0.5) is 16.2 Å². The van der Waals surface area contributed by atoms with Crippen LogP contribution in [-0.4, -0.2) is 50.2 Å². The van der Waals surface area contributed by atoms with Crippen molar-refractivity contribution in [2.45, 2.75) is 26.2 Å². The molecule has 0 unspecified atom stereocenters. The SMILES string of the molecule is CC[C@H]1CCCN(C(=O)Nc2c(N(C)C)ccnc2OC)C1.